The third kappa shape index (κ3) is 12.3. The molecule has 3 aromatic rings. The van der Waals surface area contributed by atoms with Crippen molar-refractivity contribution in [3.05, 3.63) is 89.5 Å². The van der Waals surface area contributed by atoms with Crippen molar-refractivity contribution in [1.29, 1.82) is 0 Å². The zero-order valence-corrected chi connectivity index (χ0v) is 32.4. The third-order valence-electron chi connectivity index (χ3n) is 9.69. The summed E-state index contributed by atoms with van der Waals surface area (Å²) >= 11 is 0. The minimum absolute atomic E-state index is 0.101. The van der Waals surface area contributed by atoms with Crippen molar-refractivity contribution in [2.75, 3.05) is 13.2 Å². The number of esters is 2. The van der Waals surface area contributed by atoms with Crippen LogP contribution in [0, 0.1) is 5.92 Å². The van der Waals surface area contributed by atoms with Crippen molar-refractivity contribution in [3.8, 4) is 17.2 Å². The molecule has 324 valence electrons. The number of ether oxygens (including phenoxy) is 7. The van der Waals surface area contributed by atoms with E-state index in [-0.39, 0.29) is 56.0 Å². The highest BCUT2D eigenvalue weighted by molar-refractivity contribution is 5.85. The molecule has 0 spiro atoms. The summed E-state index contributed by atoms with van der Waals surface area (Å²) in [5.41, 5.74) is -0.454. The van der Waals surface area contributed by atoms with Crippen LogP contribution in [-0.2, 0) is 53.1 Å². The van der Waals surface area contributed by atoms with Crippen LogP contribution in [0.15, 0.2) is 72.8 Å². The molecule has 11 atom stereocenters. The summed E-state index contributed by atoms with van der Waals surface area (Å²) < 4.78 is 38.8. The fraction of sp³-hybridized carbons (Fsp3) is 0.512. The van der Waals surface area contributed by atoms with Crippen LogP contribution in [0.25, 0.3) is 0 Å². The number of carbonyl (C=O) groups excluding carboxylic acids is 2. The number of rotatable bonds is 18. The van der Waals surface area contributed by atoms with E-state index in [1.165, 1.54) is 48.5 Å². The van der Waals surface area contributed by atoms with Crippen LogP contribution >= 0.6 is 0 Å². The van der Waals surface area contributed by atoms with E-state index in [9.17, 15) is 55.5 Å². The summed E-state index contributed by atoms with van der Waals surface area (Å²) in [6, 6.07) is 18.5. The molecule has 2 aliphatic heterocycles. The lowest BCUT2D eigenvalue weighted by molar-refractivity contribution is -0.280. The predicted octanol–water partition coefficient (Wildman–Crippen LogP) is -0.0720. The molecule has 5 rings (SSSR count). The molecule has 2 saturated heterocycles. The van der Waals surface area contributed by atoms with Crippen molar-refractivity contribution < 1.29 is 88.7 Å². The summed E-state index contributed by atoms with van der Waals surface area (Å²) in [6.45, 7) is 2.40. The van der Waals surface area contributed by atoms with Gasteiger partial charge in [-0.1, -0.05) is 50.2 Å². The van der Waals surface area contributed by atoms with E-state index in [4.69, 9.17) is 33.2 Å². The number of aliphatic hydroxyl groups is 8. The van der Waals surface area contributed by atoms with Gasteiger partial charge in [0.2, 0.25) is 12.6 Å². The van der Waals surface area contributed by atoms with Crippen molar-refractivity contribution >= 4 is 11.9 Å². The van der Waals surface area contributed by atoms with Crippen molar-refractivity contribution in [2.24, 2.45) is 5.92 Å². The predicted molar refractivity (Wildman–Crippen MR) is 201 cm³/mol. The van der Waals surface area contributed by atoms with Gasteiger partial charge in [0.15, 0.2) is 5.60 Å². The third-order valence-corrected chi connectivity index (χ3v) is 9.69. The molecule has 0 saturated carbocycles. The number of hydrogen-bond acceptors (Lipinski definition) is 18. The highest BCUT2D eigenvalue weighted by atomic mass is 16.7. The molecule has 0 bridgehead atoms. The smallest absolute Gasteiger partial charge is 0.339 e. The van der Waals surface area contributed by atoms with Gasteiger partial charge in [-0.05, 0) is 65.4 Å². The molecule has 18 nitrogen and oxygen atoms in total. The van der Waals surface area contributed by atoms with Gasteiger partial charge in [0.25, 0.3) is 0 Å². The highest BCUT2D eigenvalue weighted by Crippen LogP contribution is 2.28. The zero-order valence-electron chi connectivity index (χ0n) is 32.4. The van der Waals surface area contributed by atoms with Gasteiger partial charge >= 0.3 is 11.9 Å². The second kappa shape index (κ2) is 20.7. The standard InChI is InChI=1S/C41H52O18/c1-22(2)15-41(52,40(51)55-20-25-7-13-27(14-8-25)56-38-36(49)34(47)32(45)29(17-42)58-38)16-31(44)54-19-24-5-11-28(12-6-24)57-39-37(50)35(48)33(46)30(59-39)21-53-18-23-3-9-26(43)10-4-23/h3-14,22,29-30,32-39,42-43,45-50,52H,15-21H2,1-2H3/t29-,30-,32-,33-,34+,35+,36-,37-,38-,39-,41-/m1/s1. The topological polar surface area (TPSA) is 281 Å². The minimum atomic E-state index is -2.21. The lowest BCUT2D eigenvalue weighted by atomic mass is 9.89. The highest BCUT2D eigenvalue weighted by Gasteiger charge is 2.46. The molecule has 0 unspecified atom stereocenters. The molecule has 18 heteroatoms. The van der Waals surface area contributed by atoms with Gasteiger partial charge < -0.3 is 79.1 Å². The number of hydrogen-bond donors (Lipinski definition) is 9. The molecule has 0 amide bonds. The van der Waals surface area contributed by atoms with E-state index in [0.717, 1.165) is 5.56 Å². The summed E-state index contributed by atoms with van der Waals surface area (Å²) in [6.07, 6.45) is -15.1. The number of phenols is 1. The first-order valence-electron chi connectivity index (χ1n) is 19.0. The quantitative estimate of drug-likeness (QED) is 0.0759. The van der Waals surface area contributed by atoms with Gasteiger partial charge in [0.1, 0.15) is 79.3 Å². The molecule has 2 fully saturated rings. The summed E-state index contributed by atoms with van der Waals surface area (Å²) in [4.78, 5) is 26.1. The second-order valence-electron chi connectivity index (χ2n) is 15.0. The summed E-state index contributed by atoms with van der Waals surface area (Å²) in [5.74, 6) is -1.60. The summed E-state index contributed by atoms with van der Waals surface area (Å²) in [5, 5.41) is 91.7. The Morgan fingerprint density at radius 1 is 0.644 bits per heavy atom. The Morgan fingerprint density at radius 3 is 1.61 bits per heavy atom. The minimum Gasteiger partial charge on any atom is -0.508 e. The van der Waals surface area contributed by atoms with Crippen LogP contribution in [0.4, 0.5) is 0 Å². The SMILES string of the molecule is CC(C)C[C@@](O)(CC(=O)OCc1ccc(O[C@@H]2O[C@H](COCc3ccc(O)cc3)[C@@H](O)[C@H](O)[C@H]2O)cc1)C(=O)OCc1ccc(O[C@@H]2O[C@H](CO)[C@@H](O)[C@H](O)[C@H]2O)cc1. The Morgan fingerprint density at radius 2 is 1.10 bits per heavy atom. The Bertz CT molecular complexity index is 1770. The van der Waals surface area contributed by atoms with Crippen LogP contribution < -0.4 is 9.47 Å². The molecule has 59 heavy (non-hydrogen) atoms. The fourth-order valence-electron chi connectivity index (χ4n) is 6.44. The number of benzene rings is 3. The van der Waals surface area contributed by atoms with Gasteiger partial charge in [-0.3, -0.25) is 4.79 Å². The first-order valence-corrected chi connectivity index (χ1v) is 19.0. The van der Waals surface area contributed by atoms with E-state index in [0.29, 0.717) is 11.1 Å². The number of phenolic OH excluding ortho intramolecular Hbond substituents is 1. The first kappa shape index (κ1) is 45.6. The summed E-state index contributed by atoms with van der Waals surface area (Å²) in [7, 11) is 0. The molecule has 0 radical (unpaired) electrons. The van der Waals surface area contributed by atoms with E-state index in [1.54, 1.807) is 38.1 Å². The van der Waals surface area contributed by atoms with E-state index in [2.05, 4.69) is 0 Å². The number of aromatic hydroxyl groups is 1. The van der Waals surface area contributed by atoms with Crippen LogP contribution in [0.2, 0.25) is 0 Å². The van der Waals surface area contributed by atoms with Gasteiger partial charge in [-0.2, -0.15) is 0 Å². The average molecular weight is 833 g/mol. The normalized spacial score (nSPS) is 28.1. The number of aliphatic hydroxyl groups excluding tert-OH is 7. The van der Waals surface area contributed by atoms with Crippen molar-refractivity contribution in [3.63, 3.8) is 0 Å². The second-order valence-corrected chi connectivity index (χ2v) is 15.0. The molecular formula is C41H52O18. The van der Waals surface area contributed by atoms with Crippen molar-refractivity contribution in [2.45, 2.75) is 114 Å². The van der Waals surface area contributed by atoms with Crippen LogP contribution in [0.3, 0.4) is 0 Å². The molecule has 2 aliphatic rings. The molecule has 2 heterocycles. The molecule has 9 N–H and O–H groups in total. The Hall–Kier alpha value is -4.44. The molecule has 3 aromatic carbocycles. The van der Waals surface area contributed by atoms with E-state index < -0.39 is 92.0 Å². The van der Waals surface area contributed by atoms with Gasteiger partial charge in [0, 0.05) is 0 Å². The van der Waals surface area contributed by atoms with Crippen molar-refractivity contribution in [1.82, 2.24) is 0 Å². The van der Waals surface area contributed by atoms with Gasteiger partial charge in [-0.25, -0.2) is 4.79 Å². The maximum absolute atomic E-state index is 13.2. The Balaban J connectivity index is 1.08. The monoisotopic (exact) mass is 832 g/mol. The Labute approximate surface area is 339 Å². The van der Waals surface area contributed by atoms with E-state index in [1.807, 2.05) is 0 Å². The zero-order chi connectivity index (χ0) is 42.9. The molecular weight excluding hydrogens is 780 g/mol. The van der Waals surface area contributed by atoms with Gasteiger partial charge in [-0.15, -0.1) is 0 Å². The molecule has 0 aliphatic carbocycles. The van der Waals surface area contributed by atoms with Crippen LogP contribution in [0.1, 0.15) is 43.4 Å². The molecule has 0 aromatic heterocycles. The lowest BCUT2D eigenvalue weighted by Crippen LogP contribution is -2.60. The maximum atomic E-state index is 13.2. The Kier molecular flexibility index (Phi) is 16.0. The van der Waals surface area contributed by atoms with Crippen LogP contribution in [-0.4, -0.2) is 138 Å². The lowest BCUT2D eigenvalue weighted by Gasteiger charge is -2.40. The largest absolute Gasteiger partial charge is 0.508 e. The maximum Gasteiger partial charge on any atom is 0.339 e. The fourth-order valence-corrected chi connectivity index (χ4v) is 6.44. The number of carbonyl (C=O) groups is 2. The van der Waals surface area contributed by atoms with E-state index >= 15 is 0 Å². The first-order chi connectivity index (χ1) is 28.1. The average Bonchev–Trinajstić information content (AvgIpc) is 3.21. The van der Waals surface area contributed by atoms with Gasteiger partial charge in [0.05, 0.1) is 26.2 Å². The van der Waals surface area contributed by atoms with Crippen LogP contribution in [0.5, 0.6) is 17.2 Å².